The van der Waals surface area contributed by atoms with E-state index in [0.29, 0.717) is 13.2 Å². The van der Waals surface area contributed by atoms with Crippen molar-refractivity contribution in [1.29, 1.82) is 0 Å². The van der Waals surface area contributed by atoms with E-state index in [-0.39, 0.29) is 6.61 Å². The molecule has 0 bridgehead atoms. The molecular weight excluding hydrogens is 238 g/mol. The molecule has 4 N–H and O–H groups in total. The van der Waals surface area contributed by atoms with Gasteiger partial charge in [0.1, 0.15) is 0 Å². The van der Waals surface area contributed by atoms with Gasteiger partial charge in [0.05, 0.1) is 30.9 Å². The number of aromatic amines is 1. The van der Waals surface area contributed by atoms with Crippen LogP contribution in [0.4, 0.5) is 5.69 Å². The van der Waals surface area contributed by atoms with E-state index in [2.05, 4.69) is 9.97 Å². The fraction of sp³-hybridized carbons (Fsp3) is 0.364. The van der Waals surface area contributed by atoms with Crippen LogP contribution in [0.5, 0.6) is 0 Å². The highest BCUT2D eigenvalue weighted by molar-refractivity contribution is 7.99. The van der Waals surface area contributed by atoms with Crippen LogP contribution in [0.2, 0.25) is 0 Å². The number of aliphatic hydroxyl groups is 1. The second-order valence-electron chi connectivity index (χ2n) is 3.50. The Labute approximate surface area is 103 Å². The molecule has 6 heteroatoms. The topological polar surface area (TPSA) is 84.2 Å². The molecule has 0 saturated carbocycles. The molecule has 0 aliphatic rings. The summed E-state index contributed by atoms with van der Waals surface area (Å²) in [6, 6.07) is 5.60. The summed E-state index contributed by atoms with van der Waals surface area (Å²) in [6.07, 6.45) is 0. The number of nitrogens with one attached hydrogen (secondary N) is 1. The molecule has 0 fully saturated rings. The molecule has 5 nitrogen and oxygen atoms in total. The maximum absolute atomic E-state index is 8.54. The van der Waals surface area contributed by atoms with Crippen molar-refractivity contribution in [2.45, 2.75) is 5.16 Å². The second-order valence-corrected chi connectivity index (χ2v) is 4.59. The molecule has 0 unspecified atom stereocenters. The van der Waals surface area contributed by atoms with E-state index in [1.807, 2.05) is 18.2 Å². The van der Waals surface area contributed by atoms with E-state index in [4.69, 9.17) is 15.6 Å². The lowest BCUT2D eigenvalue weighted by molar-refractivity contribution is 0.103. The highest BCUT2D eigenvalue weighted by atomic mass is 32.2. The van der Waals surface area contributed by atoms with Crippen LogP contribution in [-0.2, 0) is 4.74 Å². The first-order chi connectivity index (χ1) is 8.29. The maximum atomic E-state index is 8.54. The van der Waals surface area contributed by atoms with Crippen molar-refractivity contribution >= 4 is 28.5 Å². The summed E-state index contributed by atoms with van der Waals surface area (Å²) in [5, 5.41) is 9.40. The van der Waals surface area contributed by atoms with Crippen LogP contribution in [0.3, 0.4) is 0 Å². The number of H-pyrrole nitrogens is 1. The van der Waals surface area contributed by atoms with Gasteiger partial charge in [0.25, 0.3) is 0 Å². The Morgan fingerprint density at radius 3 is 3.12 bits per heavy atom. The number of rotatable bonds is 6. The van der Waals surface area contributed by atoms with Crippen LogP contribution in [0.1, 0.15) is 0 Å². The molecule has 92 valence electrons. The minimum Gasteiger partial charge on any atom is -0.399 e. The summed E-state index contributed by atoms with van der Waals surface area (Å²) in [5.74, 6) is 0.801. The number of ether oxygens (including phenoxy) is 1. The lowest BCUT2D eigenvalue weighted by Crippen LogP contribution is -2.02. The number of fused-ring (bicyclic) bond motifs is 1. The van der Waals surface area contributed by atoms with Crippen molar-refractivity contribution in [3.63, 3.8) is 0 Å². The zero-order valence-electron chi connectivity index (χ0n) is 9.35. The summed E-state index contributed by atoms with van der Waals surface area (Å²) in [5.41, 5.74) is 8.28. The maximum Gasteiger partial charge on any atom is 0.166 e. The van der Waals surface area contributed by atoms with Gasteiger partial charge in [0.2, 0.25) is 0 Å². The van der Waals surface area contributed by atoms with Crippen LogP contribution in [0.15, 0.2) is 23.4 Å². The highest BCUT2D eigenvalue weighted by Gasteiger charge is 2.03. The number of hydrogen-bond acceptors (Lipinski definition) is 5. The zero-order chi connectivity index (χ0) is 12.1. The van der Waals surface area contributed by atoms with Gasteiger partial charge >= 0.3 is 0 Å². The summed E-state index contributed by atoms with van der Waals surface area (Å²) < 4.78 is 5.17. The van der Waals surface area contributed by atoms with Crippen LogP contribution >= 0.6 is 11.8 Å². The van der Waals surface area contributed by atoms with Gasteiger partial charge in [-0.15, -0.1) is 0 Å². The van der Waals surface area contributed by atoms with Gasteiger partial charge in [0, 0.05) is 11.4 Å². The van der Waals surface area contributed by atoms with Gasteiger partial charge in [-0.2, -0.15) is 0 Å². The molecule has 0 aliphatic heterocycles. The molecule has 0 saturated heterocycles. The van der Waals surface area contributed by atoms with Gasteiger partial charge in [-0.05, 0) is 18.2 Å². The van der Waals surface area contributed by atoms with Crippen LogP contribution < -0.4 is 5.73 Å². The third-order valence-electron chi connectivity index (χ3n) is 2.19. The number of nitrogen functional groups attached to an aromatic ring is 1. The predicted molar refractivity (Wildman–Crippen MR) is 69.1 cm³/mol. The van der Waals surface area contributed by atoms with Crippen molar-refractivity contribution in [2.75, 3.05) is 31.3 Å². The third kappa shape index (κ3) is 3.36. The number of anilines is 1. The monoisotopic (exact) mass is 253 g/mol. The SMILES string of the molecule is Nc1ccc2nc(SCCOCCO)[nH]c2c1. The molecule has 2 aromatic rings. The normalized spacial score (nSPS) is 11.1. The Balaban J connectivity index is 1.91. The average Bonchev–Trinajstić information content (AvgIpc) is 2.70. The number of thioether (sulfide) groups is 1. The number of benzene rings is 1. The Morgan fingerprint density at radius 2 is 2.29 bits per heavy atom. The first-order valence-electron chi connectivity index (χ1n) is 5.36. The first-order valence-corrected chi connectivity index (χ1v) is 6.35. The van der Waals surface area contributed by atoms with Gasteiger partial charge in [0.15, 0.2) is 5.16 Å². The van der Waals surface area contributed by atoms with Crippen molar-refractivity contribution in [2.24, 2.45) is 0 Å². The standard InChI is InChI=1S/C11H15N3O2S/c12-8-1-2-9-10(7-8)14-11(13-9)17-6-5-16-4-3-15/h1-2,7,15H,3-6,12H2,(H,13,14). The molecule has 1 aromatic carbocycles. The smallest absolute Gasteiger partial charge is 0.166 e. The number of nitrogens with zero attached hydrogens (tertiary/aromatic N) is 1. The molecule has 0 aliphatic carbocycles. The Kier molecular flexibility index (Phi) is 4.24. The minimum absolute atomic E-state index is 0.0641. The van der Waals surface area contributed by atoms with Crippen molar-refractivity contribution in [3.8, 4) is 0 Å². The minimum atomic E-state index is 0.0641. The first kappa shape index (κ1) is 12.2. The van der Waals surface area contributed by atoms with E-state index in [1.54, 1.807) is 11.8 Å². The molecule has 0 atom stereocenters. The average molecular weight is 253 g/mol. The fourth-order valence-corrected chi connectivity index (χ4v) is 2.18. The van der Waals surface area contributed by atoms with Crippen molar-refractivity contribution in [3.05, 3.63) is 18.2 Å². The van der Waals surface area contributed by atoms with Crippen LogP contribution in [-0.4, -0.2) is 40.6 Å². The van der Waals surface area contributed by atoms with E-state index < -0.39 is 0 Å². The van der Waals surface area contributed by atoms with E-state index in [1.165, 1.54) is 0 Å². The lowest BCUT2D eigenvalue weighted by Gasteiger charge is -1.99. The van der Waals surface area contributed by atoms with E-state index in [9.17, 15) is 0 Å². The molecule has 0 radical (unpaired) electrons. The summed E-state index contributed by atoms with van der Waals surface area (Å²) in [6.45, 7) is 1.05. The third-order valence-corrected chi connectivity index (χ3v) is 3.02. The molecule has 0 amide bonds. The number of aromatic nitrogens is 2. The van der Waals surface area contributed by atoms with E-state index in [0.717, 1.165) is 27.6 Å². The summed E-state index contributed by atoms with van der Waals surface area (Å²) in [4.78, 5) is 7.61. The number of aliphatic hydroxyl groups excluding tert-OH is 1. The molecule has 1 heterocycles. The highest BCUT2D eigenvalue weighted by Crippen LogP contribution is 2.20. The van der Waals surface area contributed by atoms with Crippen LogP contribution in [0, 0.1) is 0 Å². The van der Waals surface area contributed by atoms with Gasteiger partial charge < -0.3 is 20.6 Å². The number of hydrogen-bond donors (Lipinski definition) is 3. The van der Waals surface area contributed by atoms with E-state index >= 15 is 0 Å². The predicted octanol–water partition coefficient (Wildman–Crippen LogP) is 1.25. The zero-order valence-corrected chi connectivity index (χ0v) is 10.2. The summed E-state index contributed by atoms with van der Waals surface area (Å²) >= 11 is 1.59. The van der Waals surface area contributed by atoms with Gasteiger partial charge in [-0.3, -0.25) is 0 Å². The molecular formula is C11H15N3O2S. The van der Waals surface area contributed by atoms with Crippen LogP contribution in [0.25, 0.3) is 11.0 Å². The van der Waals surface area contributed by atoms with Crippen molar-refractivity contribution in [1.82, 2.24) is 9.97 Å². The Hall–Kier alpha value is -1.24. The second kappa shape index (κ2) is 5.90. The Morgan fingerprint density at radius 1 is 1.41 bits per heavy atom. The summed E-state index contributed by atoms with van der Waals surface area (Å²) in [7, 11) is 0. The largest absolute Gasteiger partial charge is 0.399 e. The van der Waals surface area contributed by atoms with Gasteiger partial charge in [-0.25, -0.2) is 4.98 Å². The molecule has 1 aromatic heterocycles. The quantitative estimate of drug-likeness (QED) is 0.410. The van der Waals surface area contributed by atoms with Gasteiger partial charge in [-0.1, -0.05) is 11.8 Å². The fourth-order valence-electron chi connectivity index (χ4n) is 1.44. The Bertz CT molecular complexity index is 487. The molecule has 2 rings (SSSR count). The lowest BCUT2D eigenvalue weighted by atomic mass is 10.3. The van der Waals surface area contributed by atoms with Crippen molar-refractivity contribution < 1.29 is 9.84 Å². The number of imidazole rings is 1. The molecule has 0 spiro atoms. The molecule has 17 heavy (non-hydrogen) atoms. The number of nitrogens with two attached hydrogens (primary N) is 1.